The van der Waals surface area contributed by atoms with E-state index in [0.29, 0.717) is 0 Å². The summed E-state index contributed by atoms with van der Waals surface area (Å²) in [4.78, 5) is 25.1. The molecule has 1 aromatic rings. The maximum atomic E-state index is 11.4. The number of aromatic nitrogens is 1. The van der Waals surface area contributed by atoms with E-state index in [1.165, 1.54) is 12.1 Å². The number of carbonyl (C=O) groups excluding carboxylic acids is 1. The summed E-state index contributed by atoms with van der Waals surface area (Å²) in [6, 6.07) is 2.54. The fraction of sp³-hybridized carbons (Fsp3) is 0.400. The average Bonchev–Trinajstić information content (AvgIpc) is 2.13. The lowest BCUT2D eigenvalue weighted by Gasteiger charge is -2.19. The maximum Gasteiger partial charge on any atom is 0.494 e. The van der Waals surface area contributed by atoms with E-state index in [2.05, 4.69) is 10.3 Å². The average molecular weight is 254 g/mol. The maximum absolute atomic E-state index is 11.4. The van der Waals surface area contributed by atoms with Crippen LogP contribution < -0.4 is 16.3 Å². The summed E-state index contributed by atoms with van der Waals surface area (Å²) in [5.41, 5.74) is -1.55. The molecule has 0 saturated carbocycles. The molecule has 98 valence electrons. The van der Waals surface area contributed by atoms with Crippen molar-refractivity contribution in [3.63, 3.8) is 0 Å². The van der Waals surface area contributed by atoms with E-state index in [1.54, 1.807) is 20.8 Å². The van der Waals surface area contributed by atoms with Crippen molar-refractivity contribution in [2.75, 3.05) is 5.32 Å². The fourth-order valence-corrected chi connectivity index (χ4v) is 1.17. The third-order valence-electron chi connectivity index (χ3n) is 1.85. The molecule has 1 aromatic heterocycles. The van der Waals surface area contributed by atoms with Crippen LogP contribution in [-0.4, -0.2) is 33.8 Å². The Bertz CT molecular complexity index is 492. The van der Waals surface area contributed by atoms with Crippen molar-refractivity contribution < 1.29 is 19.6 Å². The molecular formula is C10H15BN2O5. The molecule has 0 aliphatic heterocycles. The van der Waals surface area contributed by atoms with Crippen molar-refractivity contribution in [2.45, 2.75) is 26.4 Å². The number of ether oxygens (including phenoxy) is 1. The first-order chi connectivity index (χ1) is 8.19. The van der Waals surface area contributed by atoms with Crippen LogP contribution in [0.5, 0.6) is 0 Å². The number of hydrogen-bond acceptors (Lipinski definition) is 5. The van der Waals surface area contributed by atoms with E-state index in [-0.39, 0.29) is 11.3 Å². The molecule has 1 rings (SSSR count). The molecule has 0 fully saturated rings. The van der Waals surface area contributed by atoms with Crippen LogP contribution in [0.3, 0.4) is 0 Å². The number of anilines is 1. The van der Waals surface area contributed by atoms with Gasteiger partial charge in [-0.05, 0) is 26.8 Å². The van der Waals surface area contributed by atoms with Gasteiger partial charge in [-0.2, -0.15) is 0 Å². The van der Waals surface area contributed by atoms with Crippen LogP contribution in [0.4, 0.5) is 10.6 Å². The van der Waals surface area contributed by atoms with Gasteiger partial charge in [0.05, 0.1) is 0 Å². The first-order valence-electron chi connectivity index (χ1n) is 5.28. The normalized spacial score (nSPS) is 10.9. The lowest BCUT2D eigenvalue weighted by atomic mass is 9.81. The number of pyridine rings is 1. The van der Waals surface area contributed by atoms with Crippen LogP contribution in [-0.2, 0) is 4.74 Å². The van der Waals surface area contributed by atoms with E-state index < -0.39 is 24.4 Å². The van der Waals surface area contributed by atoms with Gasteiger partial charge in [0.2, 0.25) is 5.56 Å². The predicted octanol–water partition coefficient (Wildman–Crippen LogP) is -0.598. The number of H-pyrrole nitrogens is 1. The Morgan fingerprint density at radius 2 is 2.00 bits per heavy atom. The predicted molar refractivity (Wildman–Crippen MR) is 66.7 cm³/mol. The molecule has 0 aromatic carbocycles. The molecule has 0 radical (unpaired) electrons. The van der Waals surface area contributed by atoms with Crippen molar-refractivity contribution in [2.24, 2.45) is 0 Å². The van der Waals surface area contributed by atoms with E-state index in [4.69, 9.17) is 14.8 Å². The van der Waals surface area contributed by atoms with E-state index in [0.717, 1.165) is 0 Å². The van der Waals surface area contributed by atoms with Crippen LogP contribution in [0.15, 0.2) is 16.9 Å². The fourth-order valence-electron chi connectivity index (χ4n) is 1.17. The number of nitrogens with one attached hydrogen (secondary N) is 2. The third kappa shape index (κ3) is 4.23. The molecule has 0 unspecified atom stereocenters. The molecule has 0 saturated heterocycles. The second-order valence-corrected chi connectivity index (χ2v) is 4.66. The smallest absolute Gasteiger partial charge is 0.444 e. The van der Waals surface area contributed by atoms with Gasteiger partial charge in [-0.25, -0.2) is 4.79 Å². The second kappa shape index (κ2) is 5.24. The molecule has 1 heterocycles. The first kappa shape index (κ1) is 14.3. The summed E-state index contributed by atoms with van der Waals surface area (Å²) in [6.07, 6.45) is -0.713. The highest BCUT2D eigenvalue weighted by Gasteiger charge is 2.18. The summed E-state index contributed by atoms with van der Waals surface area (Å²) >= 11 is 0. The minimum absolute atomic E-state index is 0.110. The van der Waals surface area contributed by atoms with Crippen LogP contribution in [0, 0.1) is 0 Å². The second-order valence-electron chi connectivity index (χ2n) is 4.66. The Hall–Kier alpha value is -1.80. The SMILES string of the molecule is CC(C)(C)OC(=O)Nc1ccc(B(O)O)c(=O)[nH]1. The summed E-state index contributed by atoms with van der Waals surface area (Å²) in [5, 5.41) is 20.0. The molecule has 4 N–H and O–H groups in total. The van der Waals surface area contributed by atoms with Gasteiger partial charge in [0.15, 0.2) is 0 Å². The molecule has 0 aliphatic carbocycles. The molecule has 0 spiro atoms. The molecule has 7 nitrogen and oxygen atoms in total. The third-order valence-corrected chi connectivity index (χ3v) is 1.85. The van der Waals surface area contributed by atoms with Gasteiger partial charge < -0.3 is 19.8 Å². The summed E-state index contributed by atoms with van der Waals surface area (Å²) in [7, 11) is -1.86. The molecular weight excluding hydrogens is 239 g/mol. The molecule has 18 heavy (non-hydrogen) atoms. The number of rotatable bonds is 2. The van der Waals surface area contributed by atoms with E-state index in [1.807, 2.05) is 0 Å². The molecule has 8 heteroatoms. The van der Waals surface area contributed by atoms with Gasteiger partial charge in [0, 0.05) is 5.46 Å². The van der Waals surface area contributed by atoms with Gasteiger partial charge in [0.25, 0.3) is 0 Å². The van der Waals surface area contributed by atoms with Crippen LogP contribution in [0.2, 0.25) is 0 Å². The Morgan fingerprint density at radius 3 is 2.44 bits per heavy atom. The monoisotopic (exact) mass is 254 g/mol. The lowest BCUT2D eigenvalue weighted by Crippen LogP contribution is -2.42. The minimum atomic E-state index is -1.86. The number of aromatic amines is 1. The van der Waals surface area contributed by atoms with Crippen molar-refractivity contribution >= 4 is 24.5 Å². The van der Waals surface area contributed by atoms with Gasteiger partial charge in [0.1, 0.15) is 11.4 Å². The zero-order valence-electron chi connectivity index (χ0n) is 10.4. The largest absolute Gasteiger partial charge is 0.494 e. The van der Waals surface area contributed by atoms with Crippen molar-refractivity contribution in [3.05, 3.63) is 22.5 Å². The van der Waals surface area contributed by atoms with Crippen molar-refractivity contribution in [3.8, 4) is 0 Å². The standard InChI is InChI=1S/C10H15BN2O5/c1-10(2,3)18-9(15)13-7-5-4-6(11(16)17)8(14)12-7/h4-5,16-17H,1-3H3,(H2,12,13,14,15). The van der Waals surface area contributed by atoms with E-state index in [9.17, 15) is 9.59 Å². The van der Waals surface area contributed by atoms with Crippen LogP contribution >= 0.6 is 0 Å². The van der Waals surface area contributed by atoms with Crippen LogP contribution in [0.1, 0.15) is 20.8 Å². The first-order valence-corrected chi connectivity index (χ1v) is 5.28. The van der Waals surface area contributed by atoms with E-state index >= 15 is 0 Å². The Kier molecular flexibility index (Phi) is 4.15. The number of amides is 1. The topological polar surface area (TPSA) is 112 Å². The summed E-state index contributed by atoms with van der Waals surface area (Å²) in [6.45, 7) is 5.13. The van der Waals surface area contributed by atoms with Gasteiger partial charge in [-0.15, -0.1) is 0 Å². The van der Waals surface area contributed by atoms with Crippen LogP contribution in [0.25, 0.3) is 0 Å². The highest BCUT2D eigenvalue weighted by molar-refractivity contribution is 6.58. The quantitative estimate of drug-likeness (QED) is 0.526. The zero-order valence-corrected chi connectivity index (χ0v) is 10.4. The Balaban J connectivity index is 2.78. The molecule has 0 atom stereocenters. The number of hydrogen-bond donors (Lipinski definition) is 4. The highest BCUT2D eigenvalue weighted by atomic mass is 16.6. The highest BCUT2D eigenvalue weighted by Crippen LogP contribution is 2.08. The van der Waals surface area contributed by atoms with Crippen molar-refractivity contribution in [1.29, 1.82) is 0 Å². The van der Waals surface area contributed by atoms with Gasteiger partial charge >= 0.3 is 13.2 Å². The van der Waals surface area contributed by atoms with Gasteiger partial charge in [-0.3, -0.25) is 10.1 Å². The molecule has 1 amide bonds. The minimum Gasteiger partial charge on any atom is -0.444 e. The Labute approximate surface area is 104 Å². The zero-order chi connectivity index (χ0) is 13.9. The lowest BCUT2D eigenvalue weighted by molar-refractivity contribution is 0.0635. The number of carbonyl (C=O) groups is 1. The van der Waals surface area contributed by atoms with Gasteiger partial charge in [-0.1, -0.05) is 6.07 Å². The van der Waals surface area contributed by atoms with Crippen molar-refractivity contribution in [1.82, 2.24) is 4.98 Å². The molecule has 0 bridgehead atoms. The summed E-state index contributed by atoms with van der Waals surface area (Å²) in [5.74, 6) is 0.110. The molecule has 0 aliphatic rings. The Morgan fingerprint density at radius 1 is 1.39 bits per heavy atom. The summed E-state index contributed by atoms with van der Waals surface area (Å²) < 4.78 is 4.99.